The number of hydrogen-bond acceptors (Lipinski definition) is 6. The van der Waals surface area contributed by atoms with E-state index in [9.17, 15) is 9.59 Å². The standard InChI is InChI=1S/C25H29N5O4/c1-3-33-19-7-8-23(34-4-2)21(14-19)27-24(31)18-6-5-13-30(16-18)25(32)22-15-20(28-29-22)17-9-11-26-12-10-17/h7-12,14-15,18H,3-6,13,16H2,1-2H3,(H,27,31)(H,28,29)/t18-/m0/s1. The van der Waals surface area contributed by atoms with E-state index < -0.39 is 0 Å². The highest BCUT2D eigenvalue weighted by Crippen LogP contribution is 2.31. The van der Waals surface area contributed by atoms with Crippen molar-refractivity contribution < 1.29 is 19.1 Å². The van der Waals surface area contributed by atoms with Crippen molar-refractivity contribution in [3.05, 3.63) is 54.5 Å². The van der Waals surface area contributed by atoms with Crippen molar-refractivity contribution in [1.82, 2.24) is 20.1 Å². The summed E-state index contributed by atoms with van der Waals surface area (Å²) in [6, 6.07) is 10.8. The van der Waals surface area contributed by atoms with Crippen LogP contribution in [-0.2, 0) is 4.79 Å². The molecule has 2 aromatic heterocycles. The van der Waals surface area contributed by atoms with Crippen LogP contribution in [0.1, 0.15) is 37.2 Å². The van der Waals surface area contributed by atoms with Gasteiger partial charge in [-0.3, -0.25) is 19.7 Å². The predicted molar refractivity (Wildman–Crippen MR) is 128 cm³/mol. The van der Waals surface area contributed by atoms with Crippen molar-refractivity contribution >= 4 is 17.5 Å². The van der Waals surface area contributed by atoms with Gasteiger partial charge in [0.15, 0.2) is 0 Å². The first kappa shape index (κ1) is 23.3. The number of piperidine rings is 1. The first-order valence-electron chi connectivity index (χ1n) is 11.5. The van der Waals surface area contributed by atoms with Gasteiger partial charge in [-0.25, -0.2) is 0 Å². The maximum atomic E-state index is 13.1. The monoisotopic (exact) mass is 463 g/mol. The van der Waals surface area contributed by atoms with Crippen molar-refractivity contribution in [1.29, 1.82) is 0 Å². The van der Waals surface area contributed by atoms with Crippen LogP contribution in [0.15, 0.2) is 48.8 Å². The maximum absolute atomic E-state index is 13.1. The molecule has 1 saturated heterocycles. The van der Waals surface area contributed by atoms with E-state index in [1.165, 1.54) is 0 Å². The molecule has 9 nitrogen and oxygen atoms in total. The molecule has 34 heavy (non-hydrogen) atoms. The van der Waals surface area contributed by atoms with Crippen molar-refractivity contribution in [3.8, 4) is 22.8 Å². The fourth-order valence-electron chi connectivity index (χ4n) is 4.03. The van der Waals surface area contributed by atoms with Crippen LogP contribution in [0.4, 0.5) is 5.69 Å². The number of aromatic amines is 1. The highest BCUT2D eigenvalue weighted by Gasteiger charge is 2.30. The number of rotatable bonds is 8. The summed E-state index contributed by atoms with van der Waals surface area (Å²) in [5, 5.41) is 10.1. The third kappa shape index (κ3) is 5.36. The summed E-state index contributed by atoms with van der Waals surface area (Å²) in [7, 11) is 0. The largest absolute Gasteiger partial charge is 0.494 e. The molecule has 3 aromatic rings. The van der Waals surface area contributed by atoms with Gasteiger partial charge in [0.05, 0.1) is 30.5 Å². The number of H-pyrrole nitrogens is 1. The number of anilines is 1. The molecule has 0 bridgehead atoms. The molecule has 2 amide bonds. The molecule has 1 aliphatic heterocycles. The molecule has 0 unspecified atom stereocenters. The Hall–Kier alpha value is -3.88. The lowest BCUT2D eigenvalue weighted by Crippen LogP contribution is -2.43. The summed E-state index contributed by atoms with van der Waals surface area (Å²) < 4.78 is 11.2. The van der Waals surface area contributed by atoms with Crippen molar-refractivity contribution in [2.24, 2.45) is 5.92 Å². The number of carbonyl (C=O) groups is 2. The van der Waals surface area contributed by atoms with E-state index in [0.717, 1.165) is 12.0 Å². The lowest BCUT2D eigenvalue weighted by atomic mass is 9.96. The number of pyridine rings is 1. The SMILES string of the molecule is CCOc1ccc(OCC)c(NC(=O)[C@H]2CCCN(C(=O)c3cc(-c4ccncc4)n[nH]3)C2)c1. The van der Waals surface area contributed by atoms with E-state index in [0.29, 0.717) is 61.3 Å². The van der Waals surface area contributed by atoms with Gasteiger partial charge in [-0.05, 0) is 57.0 Å². The van der Waals surface area contributed by atoms with Gasteiger partial charge in [0.2, 0.25) is 5.91 Å². The highest BCUT2D eigenvalue weighted by molar-refractivity contribution is 5.96. The van der Waals surface area contributed by atoms with Crippen LogP contribution in [0, 0.1) is 5.92 Å². The van der Waals surface area contributed by atoms with Crippen LogP contribution >= 0.6 is 0 Å². The van der Waals surface area contributed by atoms with E-state index in [4.69, 9.17) is 9.47 Å². The van der Waals surface area contributed by atoms with E-state index in [1.807, 2.05) is 32.0 Å². The van der Waals surface area contributed by atoms with Crippen molar-refractivity contribution in [2.45, 2.75) is 26.7 Å². The Labute approximate surface area is 198 Å². The van der Waals surface area contributed by atoms with Crippen LogP contribution in [0.5, 0.6) is 11.5 Å². The number of nitrogens with one attached hydrogen (secondary N) is 2. The molecule has 0 radical (unpaired) electrons. The van der Waals surface area contributed by atoms with Crippen LogP contribution in [-0.4, -0.2) is 58.2 Å². The summed E-state index contributed by atoms with van der Waals surface area (Å²) in [4.78, 5) is 31.9. The molecule has 1 atom stereocenters. The fraction of sp³-hybridized carbons (Fsp3) is 0.360. The number of hydrogen-bond donors (Lipinski definition) is 2. The molecule has 4 rings (SSSR count). The topological polar surface area (TPSA) is 109 Å². The zero-order chi connectivity index (χ0) is 23.9. The van der Waals surface area contributed by atoms with Gasteiger partial charge in [0.25, 0.3) is 5.91 Å². The van der Waals surface area contributed by atoms with E-state index in [2.05, 4.69) is 20.5 Å². The summed E-state index contributed by atoms with van der Waals surface area (Å²) in [6.45, 7) is 5.73. The Morgan fingerprint density at radius 1 is 1.12 bits per heavy atom. The fourth-order valence-corrected chi connectivity index (χ4v) is 4.03. The second-order valence-corrected chi connectivity index (χ2v) is 8.01. The van der Waals surface area contributed by atoms with Gasteiger partial charge < -0.3 is 19.7 Å². The Morgan fingerprint density at radius 2 is 1.91 bits per heavy atom. The van der Waals surface area contributed by atoms with Gasteiger partial charge in [0.1, 0.15) is 17.2 Å². The Balaban J connectivity index is 1.44. The van der Waals surface area contributed by atoms with Gasteiger partial charge >= 0.3 is 0 Å². The van der Waals surface area contributed by atoms with E-state index in [1.54, 1.807) is 35.5 Å². The van der Waals surface area contributed by atoms with Gasteiger partial charge in [-0.15, -0.1) is 0 Å². The summed E-state index contributed by atoms with van der Waals surface area (Å²) in [5.41, 5.74) is 2.52. The average molecular weight is 464 g/mol. The van der Waals surface area contributed by atoms with E-state index in [-0.39, 0.29) is 17.7 Å². The summed E-state index contributed by atoms with van der Waals surface area (Å²) >= 11 is 0. The summed E-state index contributed by atoms with van der Waals surface area (Å²) in [6.07, 6.45) is 4.81. The summed E-state index contributed by atoms with van der Waals surface area (Å²) in [5.74, 6) is 0.605. The maximum Gasteiger partial charge on any atom is 0.271 e. The molecule has 1 fully saturated rings. The minimum absolute atomic E-state index is 0.144. The zero-order valence-corrected chi connectivity index (χ0v) is 19.4. The van der Waals surface area contributed by atoms with E-state index >= 15 is 0 Å². The average Bonchev–Trinajstić information content (AvgIpc) is 3.36. The number of ether oxygens (including phenoxy) is 2. The van der Waals surface area contributed by atoms with Crippen LogP contribution in [0.3, 0.4) is 0 Å². The minimum atomic E-state index is -0.328. The normalized spacial score (nSPS) is 15.6. The highest BCUT2D eigenvalue weighted by atomic mass is 16.5. The minimum Gasteiger partial charge on any atom is -0.494 e. The number of aromatic nitrogens is 3. The number of nitrogens with zero attached hydrogens (tertiary/aromatic N) is 3. The van der Waals surface area contributed by atoms with Gasteiger partial charge in [-0.2, -0.15) is 5.10 Å². The smallest absolute Gasteiger partial charge is 0.271 e. The molecular weight excluding hydrogens is 434 g/mol. The first-order chi connectivity index (χ1) is 16.6. The number of amides is 2. The van der Waals surface area contributed by atoms with Crippen LogP contribution in [0.25, 0.3) is 11.3 Å². The van der Waals surface area contributed by atoms with Gasteiger partial charge in [0, 0.05) is 37.1 Å². The molecule has 0 spiro atoms. The second-order valence-electron chi connectivity index (χ2n) is 8.01. The molecule has 0 saturated carbocycles. The third-order valence-corrected chi connectivity index (χ3v) is 5.68. The molecular formula is C25H29N5O4. The van der Waals surface area contributed by atoms with Crippen molar-refractivity contribution in [2.75, 3.05) is 31.6 Å². The van der Waals surface area contributed by atoms with Gasteiger partial charge in [-0.1, -0.05) is 0 Å². The molecule has 3 heterocycles. The number of benzene rings is 1. The zero-order valence-electron chi connectivity index (χ0n) is 19.4. The Morgan fingerprint density at radius 3 is 2.68 bits per heavy atom. The molecule has 1 aliphatic rings. The Kier molecular flexibility index (Phi) is 7.41. The lowest BCUT2D eigenvalue weighted by Gasteiger charge is -2.31. The lowest BCUT2D eigenvalue weighted by molar-refractivity contribution is -0.121. The molecule has 178 valence electrons. The first-order valence-corrected chi connectivity index (χ1v) is 11.5. The molecule has 2 N–H and O–H groups in total. The van der Waals surface area contributed by atoms with Crippen LogP contribution in [0.2, 0.25) is 0 Å². The molecule has 9 heteroatoms. The third-order valence-electron chi connectivity index (χ3n) is 5.68. The van der Waals surface area contributed by atoms with Crippen molar-refractivity contribution in [3.63, 3.8) is 0 Å². The quantitative estimate of drug-likeness (QED) is 0.526. The molecule has 1 aromatic carbocycles. The second kappa shape index (κ2) is 10.8. The van der Waals surface area contributed by atoms with Crippen LogP contribution < -0.4 is 14.8 Å². The number of likely N-dealkylation sites (tertiary alicyclic amines) is 1. The molecule has 0 aliphatic carbocycles. The number of carbonyl (C=O) groups excluding carboxylic acids is 2. The Bertz CT molecular complexity index is 1130. The predicted octanol–water partition coefficient (Wildman–Crippen LogP) is 3.76.